The molecule has 1 N–H and O–H groups in total. The van der Waals surface area contributed by atoms with Gasteiger partial charge in [0, 0.05) is 16.8 Å². The summed E-state index contributed by atoms with van der Waals surface area (Å²) in [4.78, 5) is 1.14. The van der Waals surface area contributed by atoms with Crippen molar-refractivity contribution in [1.82, 2.24) is 0 Å². The number of nitrogens with zero attached hydrogens (tertiary/aromatic N) is 1. The zero-order chi connectivity index (χ0) is 14.0. The number of aromatic nitrogens is 1. The summed E-state index contributed by atoms with van der Waals surface area (Å²) in [7, 11) is -4.94. The SMILES string of the molecule is Oc1cccc2c[n+]3ccsc3cc12.[O-][Cl+3]([O-])([O-])[O-]. The predicted molar refractivity (Wildman–Crippen MR) is 56.6 cm³/mol. The predicted octanol–water partition coefficient (Wildman–Crippen LogP) is -2.41. The number of aromatic hydroxyl groups is 1. The maximum atomic E-state index is 9.66. The Morgan fingerprint density at radius 3 is 2.53 bits per heavy atom. The number of benzene rings is 1. The number of rotatable bonds is 0. The van der Waals surface area contributed by atoms with Gasteiger partial charge in [0.25, 0.3) is 4.83 Å². The lowest BCUT2D eigenvalue weighted by atomic mass is 10.1. The molecular weight excluding hydrogens is 294 g/mol. The summed E-state index contributed by atoms with van der Waals surface area (Å²) in [5.74, 6) is 0.346. The van der Waals surface area contributed by atoms with Gasteiger partial charge in [-0.2, -0.15) is 4.40 Å². The third kappa shape index (κ3) is 3.74. The van der Waals surface area contributed by atoms with E-state index in [0.717, 1.165) is 15.6 Å². The number of pyridine rings is 1. The lowest BCUT2D eigenvalue weighted by Crippen LogP contribution is -2.68. The van der Waals surface area contributed by atoms with Crippen LogP contribution in [0.25, 0.3) is 15.6 Å². The lowest BCUT2D eigenvalue weighted by molar-refractivity contribution is -2.00. The average Bonchev–Trinajstić information content (AvgIpc) is 2.72. The van der Waals surface area contributed by atoms with Crippen LogP contribution in [0.1, 0.15) is 0 Å². The van der Waals surface area contributed by atoms with Crippen LogP contribution in [0.5, 0.6) is 5.75 Å². The summed E-state index contributed by atoms with van der Waals surface area (Å²) in [5, 5.41) is 13.7. The molecule has 0 aliphatic heterocycles. The van der Waals surface area contributed by atoms with Crippen LogP contribution in [0.3, 0.4) is 0 Å². The first kappa shape index (κ1) is 13.9. The number of halogens is 1. The molecule has 0 bridgehead atoms. The van der Waals surface area contributed by atoms with E-state index in [4.69, 9.17) is 18.6 Å². The van der Waals surface area contributed by atoms with Gasteiger partial charge in [0.1, 0.15) is 5.75 Å². The molecule has 0 amide bonds. The molecule has 0 radical (unpaired) electrons. The summed E-state index contributed by atoms with van der Waals surface area (Å²) in [6.45, 7) is 0. The highest BCUT2D eigenvalue weighted by atomic mass is 35.7. The van der Waals surface area contributed by atoms with Crippen LogP contribution in [0.4, 0.5) is 0 Å². The highest BCUT2D eigenvalue weighted by Gasteiger charge is 2.08. The van der Waals surface area contributed by atoms with Gasteiger partial charge < -0.3 is 5.11 Å². The van der Waals surface area contributed by atoms with E-state index in [2.05, 4.69) is 4.40 Å². The molecule has 8 heteroatoms. The van der Waals surface area contributed by atoms with E-state index in [0.29, 0.717) is 5.75 Å². The molecule has 0 aliphatic carbocycles. The largest absolute Gasteiger partial charge is 0.507 e. The summed E-state index contributed by atoms with van der Waals surface area (Å²) in [6, 6.07) is 7.58. The lowest BCUT2D eigenvalue weighted by Gasteiger charge is -2.17. The fraction of sp³-hybridized carbons (Fsp3) is 0. The van der Waals surface area contributed by atoms with Crippen LogP contribution in [-0.4, -0.2) is 5.11 Å². The van der Waals surface area contributed by atoms with Crippen LogP contribution in [0.2, 0.25) is 0 Å². The van der Waals surface area contributed by atoms with Gasteiger partial charge in [-0.3, -0.25) is 0 Å². The highest BCUT2D eigenvalue weighted by molar-refractivity contribution is 7.15. The number of phenolic OH excluding ortho intramolecular Hbond substituents is 1. The third-order valence-corrected chi connectivity index (χ3v) is 3.16. The average molecular weight is 302 g/mol. The van der Waals surface area contributed by atoms with E-state index in [-0.39, 0.29) is 0 Å². The summed E-state index contributed by atoms with van der Waals surface area (Å²) in [6.07, 6.45) is 4.05. The van der Waals surface area contributed by atoms with E-state index in [1.807, 2.05) is 36.0 Å². The Balaban J connectivity index is 0.000000232. The second-order valence-corrected chi connectivity index (χ2v) is 5.26. The Morgan fingerprint density at radius 1 is 1.16 bits per heavy atom. The molecular formula is C11H8ClNO5S. The molecule has 3 aromatic rings. The van der Waals surface area contributed by atoms with Gasteiger partial charge in [-0.25, -0.2) is 18.6 Å². The second-order valence-electron chi connectivity index (χ2n) is 3.58. The number of hydrogen-bond donors (Lipinski definition) is 1. The molecule has 0 atom stereocenters. The van der Waals surface area contributed by atoms with Gasteiger partial charge in [0.2, 0.25) is 0 Å². The first-order valence-corrected chi connectivity index (χ1v) is 7.08. The monoisotopic (exact) mass is 301 g/mol. The zero-order valence-corrected chi connectivity index (χ0v) is 10.9. The number of fused-ring (bicyclic) bond motifs is 2. The number of hydrogen-bond acceptors (Lipinski definition) is 6. The molecule has 3 rings (SSSR count). The maximum Gasteiger partial charge on any atom is 0.267 e. The Labute approximate surface area is 113 Å². The summed E-state index contributed by atoms with van der Waals surface area (Å²) >= 11 is 1.66. The molecule has 1 aromatic carbocycles. The van der Waals surface area contributed by atoms with E-state index in [1.54, 1.807) is 17.4 Å². The third-order valence-electron chi connectivity index (χ3n) is 2.33. The molecule has 0 unspecified atom stereocenters. The van der Waals surface area contributed by atoms with Crippen molar-refractivity contribution in [2.24, 2.45) is 0 Å². The van der Waals surface area contributed by atoms with Crippen molar-refractivity contribution >= 4 is 26.9 Å². The van der Waals surface area contributed by atoms with Gasteiger partial charge in [0.15, 0.2) is 12.4 Å². The minimum absolute atomic E-state index is 0.346. The van der Waals surface area contributed by atoms with Crippen LogP contribution in [0.15, 0.2) is 42.0 Å². The molecule has 0 spiro atoms. The van der Waals surface area contributed by atoms with Gasteiger partial charge in [-0.15, -0.1) is 10.2 Å². The fourth-order valence-electron chi connectivity index (χ4n) is 1.63. The minimum Gasteiger partial charge on any atom is -0.507 e. The zero-order valence-electron chi connectivity index (χ0n) is 9.36. The van der Waals surface area contributed by atoms with Crippen LogP contribution < -0.4 is 23.0 Å². The minimum atomic E-state index is -4.94. The van der Waals surface area contributed by atoms with E-state index >= 15 is 0 Å². The standard InChI is InChI=1S/C11H7NOS.ClHO4/c13-10-3-1-2-8-7-12-4-5-14-11(12)6-9(8)10;2-1(3,4)5/h1-7H;(H,2,3,4,5). The first-order chi connectivity index (χ1) is 8.84. The summed E-state index contributed by atoms with van der Waals surface area (Å²) < 4.78 is 36.0. The van der Waals surface area contributed by atoms with Crippen molar-refractivity contribution in [3.8, 4) is 5.75 Å². The quantitative estimate of drug-likeness (QED) is 0.464. The maximum absolute atomic E-state index is 9.66. The van der Waals surface area contributed by atoms with Gasteiger partial charge in [-0.05, 0) is 12.1 Å². The van der Waals surface area contributed by atoms with Gasteiger partial charge in [-0.1, -0.05) is 17.4 Å². The van der Waals surface area contributed by atoms with E-state index in [1.165, 1.54) is 0 Å². The molecule has 19 heavy (non-hydrogen) atoms. The Bertz CT molecular complexity index is 703. The first-order valence-electron chi connectivity index (χ1n) is 4.96. The van der Waals surface area contributed by atoms with E-state index < -0.39 is 10.2 Å². The van der Waals surface area contributed by atoms with Crippen LogP contribution in [0, 0.1) is 10.2 Å². The van der Waals surface area contributed by atoms with Crippen LogP contribution in [-0.2, 0) is 0 Å². The molecule has 2 heterocycles. The Morgan fingerprint density at radius 2 is 1.84 bits per heavy atom. The van der Waals surface area contributed by atoms with Crippen molar-refractivity contribution in [1.29, 1.82) is 0 Å². The molecule has 0 fully saturated rings. The number of phenols is 1. The fourth-order valence-corrected chi connectivity index (χ4v) is 2.38. The second kappa shape index (κ2) is 5.25. The van der Waals surface area contributed by atoms with Crippen molar-refractivity contribution in [3.05, 3.63) is 42.0 Å². The molecule has 100 valence electrons. The Hall–Kier alpha value is -1.48. The van der Waals surface area contributed by atoms with Crippen molar-refractivity contribution in [3.63, 3.8) is 0 Å². The summed E-state index contributed by atoms with van der Waals surface area (Å²) in [5.41, 5.74) is 0. The smallest absolute Gasteiger partial charge is 0.267 e. The van der Waals surface area contributed by atoms with Gasteiger partial charge >= 0.3 is 0 Å². The molecule has 0 saturated carbocycles. The van der Waals surface area contributed by atoms with Crippen LogP contribution >= 0.6 is 11.3 Å². The van der Waals surface area contributed by atoms with Crippen molar-refractivity contribution in [2.45, 2.75) is 0 Å². The highest BCUT2D eigenvalue weighted by Crippen LogP contribution is 2.24. The van der Waals surface area contributed by atoms with Crippen molar-refractivity contribution < 1.29 is 38.4 Å². The van der Waals surface area contributed by atoms with E-state index in [9.17, 15) is 5.11 Å². The topological polar surface area (TPSA) is 117 Å². The molecule has 2 aromatic heterocycles. The molecule has 0 aliphatic rings. The number of thiazole rings is 1. The molecule has 6 nitrogen and oxygen atoms in total. The van der Waals surface area contributed by atoms with Gasteiger partial charge in [0.05, 0.1) is 5.38 Å². The Kier molecular flexibility index (Phi) is 3.85. The normalized spacial score (nSPS) is 11.4. The van der Waals surface area contributed by atoms with Crippen molar-refractivity contribution in [2.75, 3.05) is 0 Å². The molecule has 0 saturated heterocycles.